The Balaban J connectivity index is 2.01. The normalized spacial score (nSPS) is 16.5. The zero-order chi connectivity index (χ0) is 16.2. The van der Waals surface area contributed by atoms with Crippen LogP contribution in [0.2, 0.25) is 0 Å². The Morgan fingerprint density at radius 3 is 2.82 bits per heavy atom. The van der Waals surface area contributed by atoms with E-state index < -0.39 is 21.9 Å². The third-order valence-electron chi connectivity index (χ3n) is 3.60. The highest BCUT2D eigenvalue weighted by molar-refractivity contribution is 7.89. The maximum absolute atomic E-state index is 13.7. The third kappa shape index (κ3) is 5.23. The van der Waals surface area contributed by atoms with Gasteiger partial charge in [-0.05, 0) is 56.3 Å². The van der Waals surface area contributed by atoms with E-state index >= 15 is 0 Å². The summed E-state index contributed by atoms with van der Waals surface area (Å²) in [6, 6.07) is 3.98. The molecule has 0 saturated heterocycles. The van der Waals surface area contributed by atoms with Crippen molar-refractivity contribution in [1.29, 1.82) is 0 Å². The molecule has 0 heterocycles. The summed E-state index contributed by atoms with van der Waals surface area (Å²) in [5.74, 6) is 0.260. The molecule has 0 spiro atoms. The van der Waals surface area contributed by atoms with Gasteiger partial charge in [-0.15, -0.1) is 0 Å². The molecule has 124 valence electrons. The van der Waals surface area contributed by atoms with E-state index in [1.54, 1.807) is 19.1 Å². The lowest BCUT2D eigenvalue weighted by Crippen LogP contribution is -2.30. The van der Waals surface area contributed by atoms with Crippen molar-refractivity contribution in [2.24, 2.45) is 11.7 Å². The average Bonchev–Trinajstić information content (AvgIpc) is 3.28. The number of benzene rings is 1. The summed E-state index contributed by atoms with van der Waals surface area (Å²) in [6.07, 6.45) is 2.65. The van der Waals surface area contributed by atoms with Crippen LogP contribution in [-0.2, 0) is 10.0 Å². The molecule has 22 heavy (non-hydrogen) atoms. The van der Waals surface area contributed by atoms with Crippen LogP contribution >= 0.6 is 0 Å². The predicted molar refractivity (Wildman–Crippen MR) is 83.6 cm³/mol. The zero-order valence-corrected chi connectivity index (χ0v) is 13.5. The van der Waals surface area contributed by atoms with Gasteiger partial charge in [0.05, 0.1) is 12.4 Å². The lowest BCUT2D eigenvalue weighted by atomic mass is 10.1. The number of hydrogen-bond donors (Lipinski definition) is 2. The fraction of sp³-hybridized carbons (Fsp3) is 0.600. The van der Waals surface area contributed by atoms with Crippen LogP contribution in [-0.4, -0.2) is 27.3 Å². The lowest BCUT2D eigenvalue weighted by molar-refractivity contribution is 0.285. The Hall–Kier alpha value is -1.18. The van der Waals surface area contributed by atoms with E-state index in [4.69, 9.17) is 10.5 Å². The van der Waals surface area contributed by atoms with Gasteiger partial charge in [-0.25, -0.2) is 17.5 Å². The number of nitrogens with one attached hydrogen (secondary N) is 1. The van der Waals surface area contributed by atoms with Gasteiger partial charge in [0.25, 0.3) is 0 Å². The molecule has 1 unspecified atom stereocenters. The van der Waals surface area contributed by atoms with Gasteiger partial charge in [0.2, 0.25) is 10.0 Å². The number of rotatable bonds is 9. The summed E-state index contributed by atoms with van der Waals surface area (Å²) >= 11 is 0. The Bertz CT molecular complexity index is 603. The standard InChI is InChI=1S/C15H23FN2O3S/c1-11(18-22(19,20)8-2-7-17)13-5-6-14(16)15(9-13)21-10-12-3-4-12/h5-6,9,11-12,18H,2-4,7-8,10,17H2,1H3. The van der Waals surface area contributed by atoms with Crippen molar-refractivity contribution in [1.82, 2.24) is 4.72 Å². The number of halogens is 1. The fourth-order valence-electron chi connectivity index (χ4n) is 2.06. The van der Waals surface area contributed by atoms with E-state index in [0.29, 0.717) is 31.1 Å². The molecule has 7 heteroatoms. The smallest absolute Gasteiger partial charge is 0.212 e. The maximum atomic E-state index is 13.7. The molecule has 3 N–H and O–H groups in total. The molecule has 2 rings (SSSR count). The van der Waals surface area contributed by atoms with Crippen LogP contribution in [0.3, 0.4) is 0 Å². The van der Waals surface area contributed by atoms with Gasteiger partial charge in [-0.2, -0.15) is 0 Å². The molecule has 1 aromatic rings. The topological polar surface area (TPSA) is 81.4 Å². The highest BCUT2D eigenvalue weighted by atomic mass is 32.2. The fourth-order valence-corrected chi connectivity index (χ4v) is 3.40. The number of hydrogen-bond acceptors (Lipinski definition) is 4. The third-order valence-corrected chi connectivity index (χ3v) is 5.14. The van der Waals surface area contributed by atoms with E-state index in [0.717, 1.165) is 12.8 Å². The average molecular weight is 330 g/mol. The second kappa shape index (κ2) is 7.39. The molecule has 0 aromatic heterocycles. The van der Waals surface area contributed by atoms with Crippen LogP contribution in [0, 0.1) is 11.7 Å². The lowest BCUT2D eigenvalue weighted by Gasteiger charge is -2.16. The van der Waals surface area contributed by atoms with E-state index in [2.05, 4.69) is 4.72 Å². The summed E-state index contributed by atoms with van der Waals surface area (Å²) in [5.41, 5.74) is 6.00. The van der Waals surface area contributed by atoms with Gasteiger partial charge < -0.3 is 10.5 Å². The number of nitrogens with two attached hydrogens (primary N) is 1. The van der Waals surface area contributed by atoms with Crippen molar-refractivity contribution < 1.29 is 17.5 Å². The summed E-state index contributed by atoms with van der Waals surface area (Å²) in [4.78, 5) is 0. The molecule has 1 aliphatic rings. The van der Waals surface area contributed by atoms with Gasteiger partial charge in [0.1, 0.15) is 0 Å². The first kappa shape index (κ1) is 17.2. The molecule has 1 saturated carbocycles. The van der Waals surface area contributed by atoms with Crippen LogP contribution in [0.5, 0.6) is 5.75 Å². The molecule has 0 bridgehead atoms. The van der Waals surface area contributed by atoms with Gasteiger partial charge in [-0.3, -0.25) is 0 Å². The molecule has 1 atom stereocenters. The minimum absolute atomic E-state index is 0.0138. The first-order chi connectivity index (χ1) is 10.4. The van der Waals surface area contributed by atoms with Crippen molar-refractivity contribution in [3.8, 4) is 5.75 Å². The van der Waals surface area contributed by atoms with E-state index in [1.165, 1.54) is 6.07 Å². The van der Waals surface area contributed by atoms with Gasteiger partial charge in [0, 0.05) is 6.04 Å². The van der Waals surface area contributed by atoms with Crippen molar-refractivity contribution >= 4 is 10.0 Å². The number of ether oxygens (including phenoxy) is 1. The van der Waals surface area contributed by atoms with E-state index in [9.17, 15) is 12.8 Å². The molecular weight excluding hydrogens is 307 g/mol. The van der Waals surface area contributed by atoms with Crippen LogP contribution in [0.4, 0.5) is 4.39 Å². The van der Waals surface area contributed by atoms with Crippen molar-refractivity contribution in [3.05, 3.63) is 29.6 Å². The van der Waals surface area contributed by atoms with Crippen molar-refractivity contribution in [3.63, 3.8) is 0 Å². The predicted octanol–water partition coefficient (Wildman–Crippen LogP) is 1.94. The quantitative estimate of drug-likeness (QED) is 0.725. The molecule has 1 aliphatic carbocycles. The molecule has 0 aliphatic heterocycles. The van der Waals surface area contributed by atoms with Gasteiger partial charge in [-0.1, -0.05) is 6.07 Å². The minimum Gasteiger partial charge on any atom is -0.490 e. The Morgan fingerprint density at radius 2 is 2.18 bits per heavy atom. The molecule has 5 nitrogen and oxygen atoms in total. The van der Waals surface area contributed by atoms with Crippen molar-refractivity contribution in [2.45, 2.75) is 32.2 Å². The highest BCUT2D eigenvalue weighted by Crippen LogP contribution is 2.31. The molecule has 1 aromatic carbocycles. The molecular formula is C15H23FN2O3S. The second-order valence-corrected chi connectivity index (χ2v) is 7.62. The maximum Gasteiger partial charge on any atom is 0.212 e. The van der Waals surface area contributed by atoms with Crippen LogP contribution < -0.4 is 15.2 Å². The summed E-state index contributed by atoms with van der Waals surface area (Å²) in [6.45, 7) is 2.56. The Kier molecular flexibility index (Phi) is 5.77. The van der Waals surface area contributed by atoms with Gasteiger partial charge >= 0.3 is 0 Å². The zero-order valence-electron chi connectivity index (χ0n) is 12.7. The SMILES string of the molecule is CC(NS(=O)(=O)CCCN)c1ccc(F)c(OCC2CC2)c1. The largest absolute Gasteiger partial charge is 0.490 e. The first-order valence-corrected chi connectivity index (χ1v) is 9.19. The monoisotopic (exact) mass is 330 g/mol. The highest BCUT2D eigenvalue weighted by Gasteiger charge is 2.23. The molecule has 0 amide bonds. The molecule has 1 fully saturated rings. The Morgan fingerprint density at radius 1 is 1.45 bits per heavy atom. The number of sulfonamides is 1. The first-order valence-electron chi connectivity index (χ1n) is 7.53. The minimum atomic E-state index is -3.39. The summed E-state index contributed by atoms with van der Waals surface area (Å²) < 4.78 is 45.5. The second-order valence-electron chi connectivity index (χ2n) is 5.74. The summed E-state index contributed by atoms with van der Waals surface area (Å²) in [7, 11) is -3.39. The van der Waals surface area contributed by atoms with Crippen LogP contribution in [0.1, 0.15) is 37.8 Å². The summed E-state index contributed by atoms with van der Waals surface area (Å²) in [5, 5.41) is 0. The van der Waals surface area contributed by atoms with Crippen LogP contribution in [0.25, 0.3) is 0 Å². The van der Waals surface area contributed by atoms with Gasteiger partial charge in [0.15, 0.2) is 11.6 Å². The van der Waals surface area contributed by atoms with Crippen LogP contribution in [0.15, 0.2) is 18.2 Å². The van der Waals surface area contributed by atoms with E-state index in [-0.39, 0.29) is 11.5 Å². The molecule has 0 radical (unpaired) electrons. The Labute approximate surface area is 131 Å². The van der Waals surface area contributed by atoms with Crippen molar-refractivity contribution in [2.75, 3.05) is 18.9 Å². The van der Waals surface area contributed by atoms with E-state index in [1.807, 2.05) is 0 Å².